The van der Waals surface area contributed by atoms with Crippen LogP contribution < -0.4 is 5.32 Å². The summed E-state index contributed by atoms with van der Waals surface area (Å²) in [6.45, 7) is 9.38. The van der Waals surface area contributed by atoms with Gasteiger partial charge in [0.15, 0.2) is 5.82 Å². The molecule has 6 rings (SSSR count). The Kier molecular flexibility index (Phi) is 4.58. The first-order valence-corrected chi connectivity index (χ1v) is 12.0. The molecule has 1 saturated carbocycles. The number of nitrogens with one attached hydrogen (secondary N) is 2. The van der Waals surface area contributed by atoms with Crippen molar-refractivity contribution >= 4 is 17.8 Å². The normalized spacial score (nSPS) is 29.3. The molecule has 3 fully saturated rings. The van der Waals surface area contributed by atoms with Crippen LogP contribution in [0.2, 0.25) is 0 Å². The molecule has 1 aliphatic carbocycles. The van der Waals surface area contributed by atoms with Crippen LogP contribution >= 0.6 is 0 Å². The van der Waals surface area contributed by atoms with E-state index in [-0.39, 0.29) is 17.8 Å². The highest BCUT2D eigenvalue weighted by Crippen LogP contribution is 2.57. The Morgan fingerprint density at radius 2 is 2.09 bits per heavy atom. The summed E-state index contributed by atoms with van der Waals surface area (Å²) < 4.78 is 13.2. The van der Waals surface area contributed by atoms with Crippen molar-refractivity contribution in [2.75, 3.05) is 25.0 Å². The van der Waals surface area contributed by atoms with Crippen molar-refractivity contribution in [2.24, 2.45) is 5.92 Å². The van der Waals surface area contributed by atoms with Gasteiger partial charge in [0.25, 0.3) is 5.91 Å². The summed E-state index contributed by atoms with van der Waals surface area (Å²) in [6.07, 6.45) is 4.72. The zero-order chi connectivity index (χ0) is 23.8. The second kappa shape index (κ2) is 7.24. The van der Waals surface area contributed by atoms with Crippen molar-refractivity contribution in [1.29, 1.82) is 0 Å². The van der Waals surface area contributed by atoms with Crippen LogP contribution in [0.25, 0.3) is 0 Å². The summed E-state index contributed by atoms with van der Waals surface area (Å²) in [4.78, 5) is 36.9. The van der Waals surface area contributed by atoms with Gasteiger partial charge in [0.2, 0.25) is 0 Å². The highest BCUT2D eigenvalue weighted by atomic mass is 19.1. The Labute approximate surface area is 197 Å². The number of urea groups is 1. The number of carbonyl (C=O) groups is 2. The number of rotatable bonds is 2. The molecule has 2 N–H and O–H groups in total. The van der Waals surface area contributed by atoms with Crippen molar-refractivity contribution in [3.8, 4) is 0 Å². The van der Waals surface area contributed by atoms with E-state index in [9.17, 15) is 14.0 Å². The van der Waals surface area contributed by atoms with Crippen LogP contribution in [0.3, 0.4) is 0 Å². The van der Waals surface area contributed by atoms with Crippen LogP contribution in [0.5, 0.6) is 0 Å². The molecule has 34 heavy (non-hydrogen) atoms. The Hall–Kier alpha value is -3.01. The third kappa shape index (κ3) is 3.07. The number of nitrogens with zero attached hydrogens (tertiary/aromatic N) is 5. The van der Waals surface area contributed by atoms with Crippen molar-refractivity contribution in [2.45, 2.75) is 63.7 Å². The van der Waals surface area contributed by atoms with Crippen LogP contribution in [0.4, 0.5) is 15.0 Å². The van der Waals surface area contributed by atoms with E-state index in [0.717, 1.165) is 37.1 Å². The molecule has 2 aromatic rings. The fourth-order valence-electron chi connectivity index (χ4n) is 6.39. The Morgan fingerprint density at radius 3 is 2.85 bits per heavy atom. The quantitative estimate of drug-likeness (QED) is 0.708. The third-order valence-corrected chi connectivity index (χ3v) is 8.44. The molecule has 3 atom stereocenters. The molecule has 0 bridgehead atoms. The molecule has 0 radical (unpaired) electrons. The Balaban J connectivity index is 1.22. The number of carbonyl (C=O) groups excluding carboxylic acids is 2. The highest BCUT2D eigenvalue weighted by Gasteiger charge is 2.62. The minimum Gasteiger partial charge on any atom is -0.320 e. The molecular weight excluding hydrogens is 437 g/mol. The van der Waals surface area contributed by atoms with E-state index in [1.807, 2.05) is 18.7 Å². The smallest absolute Gasteiger partial charge is 0.320 e. The molecule has 1 spiro atoms. The minimum atomic E-state index is -0.597. The lowest BCUT2D eigenvalue weighted by molar-refractivity contribution is 0.0907. The Morgan fingerprint density at radius 1 is 1.26 bits per heavy atom. The van der Waals surface area contributed by atoms with Crippen LogP contribution in [-0.2, 0) is 12.1 Å². The number of amides is 3. The number of aromatic amines is 1. The van der Waals surface area contributed by atoms with Gasteiger partial charge >= 0.3 is 6.03 Å². The topological polar surface area (TPSA) is 97.5 Å². The van der Waals surface area contributed by atoms with E-state index in [1.165, 1.54) is 31.4 Å². The summed E-state index contributed by atoms with van der Waals surface area (Å²) >= 11 is 0. The molecule has 5 heterocycles. The molecule has 2 saturated heterocycles. The average molecular weight is 468 g/mol. The van der Waals surface area contributed by atoms with Crippen molar-refractivity contribution in [3.05, 3.63) is 41.1 Å². The van der Waals surface area contributed by atoms with Crippen LogP contribution in [-0.4, -0.2) is 73.0 Å². The van der Waals surface area contributed by atoms with Gasteiger partial charge in [0.1, 0.15) is 11.5 Å². The fourth-order valence-corrected chi connectivity index (χ4v) is 6.39. The number of hydrogen-bond acceptors (Lipinski definition) is 5. The van der Waals surface area contributed by atoms with E-state index in [1.54, 1.807) is 0 Å². The van der Waals surface area contributed by atoms with Gasteiger partial charge in [-0.05, 0) is 64.6 Å². The van der Waals surface area contributed by atoms with Gasteiger partial charge in [-0.2, -0.15) is 5.10 Å². The van der Waals surface area contributed by atoms with Crippen LogP contribution in [0, 0.1) is 11.7 Å². The molecule has 180 valence electrons. The van der Waals surface area contributed by atoms with E-state index < -0.39 is 17.3 Å². The summed E-state index contributed by atoms with van der Waals surface area (Å²) in [5.74, 6) is -0.0431. The highest BCUT2D eigenvalue weighted by molar-refractivity contribution is 6.02. The lowest BCUT2D eigenvalue weighted by atomic mass is 10.0. The molecule has 2 aromatic heterocycles. The predicted octanol–water partition coefficient (Wildman–Crippen LogP) is 2.93. The number of halogens is 1. The molecule has 3 aliphatic heterocycles. The number of H-pyrrole nitrogens is 1. The SMILES string of the molecule is C[C@H]1CN2CCCC23CC3CN1C(=O)N1Cc2c(NC(=O)c3ccc(F)cn3)n[nH]c2C1(C)C. The first kappa shape index (κ1) is 21.5. The first-order chi connectivity index (χ1) is 16.2. The van der Waals surface area contributed by atoms with Crippen molar-refractivity contribution < 1.29 is 14.0 Å². The van der Waals surface area contributed by atoms with Crippen LogP contribution in [0.15, 0.2) is 18.3 Å². The summed E-state index contributed by atoms with van der Waals surface area (Å²) in [6, 6.07) is 2.70. The minimum absolute atomic E-state index is 0.0304. The molecule has 9 nitrogen and oxygen atoms in total. The van der Waals surface area contributed by atoms with Gasteiger partial charge in [-0.1, -0.05) is 0 Å². The second-order valence-electron chi connectivity index (χ2n) is 10.7. The molecule has 4 aliphatic rings. The molecule has 2 unspecified atom stereocenters. The van der Waals surface area contributed by atoms with Crippen molar-refractivity contribution in [1.82, 2.24) is 29.9 Å². The number of pyridine rings is 1. The van der Waals surface area contributed by atoms with Gasteiger partial charge in [-0.15, -0.1) is 0 Å². The zero-order valence-electron chi connectivity index (χ0n) is 19.8. The number of aromatic nitrogens is 3. The van der Waals surface area contributed by atoms with E-state index >= 15 is 0 Å². The van der Waals surface area contributed by atoms with Gasteiger partial charge in [-0.3, -0.25) is 14.8 Å². The average Bonchev–Trinajstić information content (AvgIpc) is 3.01. The maximum absolute atomic E-state index is 13.9. The Bertz CT molecular complexity index is 1160. The maximum atomic E-state index is 13.9. The fraction of sp³-hybridized carbons (Fsp3) is 0.583. The summed E-state index contributed by atoms with van der Waals surface area (Å²) in [5.41, 5.74) is 1.44. The lowest BCUT2D eigenvalue weighted by Gasteiger charge is -2.39. The maximum Gasteiger partial charge on any atom is 0.321 e. The third-order valence-electron chi connectivity index (χ3n) is 8.44. The predicted molar refractivity (Wildman–Crippen MR) is 123 cm³/mol. The summed E-state index contributed by atoms with van der Waals surface area (Å²) in [7, 11) is 0. The molecular formula is C24H30FN7O2. The van der Waals surface area contributed by atoms with Gasteiger partial charge < -0.3 is 15.1 Å². The van der Waals surface area contributed by atoms with E-state index in [4.69, 9.17) is 0 Å². The number of anilines is 1. The number of fused-ring (bicyclic) bond motifs is 1. The number of hydrogen-bond donors (Lipinski definition) is 2. The van der Waals surface area contributed by atoms with Gasteiger partial charge in [-0.25, -0.2) is 14.2 Å². The summed E-state index contributed by atoms with van der Waals surface area (Å²) in [5, 5.41) is 10.1. The van der Waals surface area contributed by atoms with Gasteiger partial charge in [0, 0.05) is 30.2 Å². The molecule has 3 amide bonds. The second-order valence-corrected chi connectivity index (χ2v) is 10.7. The standard InChI is InChI=1S/C24H30FN7O2/c1-14-11-30-8-4-7-24(30)9-15(24)12-31(14)22(34)32-13-17-19(23(32,2)3)28-29-20(17)27-21(33)18-6-5-16(25)10-26-18/h5-6,10,14-15H,4,7-9,11-13H2,1-3H3,(H2,27,28,29,33)/t14-,15?,24?/m0/s1. The van der Waals surface area contributed by atoms with E-state index in [0.29, 0.717) is 23.8 Å². The lowest BCUT2D eigenvalue weighted by Crippen LogP contribution is -2.53. The molecule has 0 aromatic carbocycles. The monoisotopic (exact) mass is 467 g/mol. The first-order valence-electron chi connectivity index (χ1n) is 12.0. The van der Waals surface area contributed by atoms with Gasteiger partial charge in [0.05, 0.1) is 24.0 Å². The van der Waals surface area contributed by atoms with E-state index in [2.05, 4.69) is 37.2 Å². The van der Waals surface area contributed by atoms with Crippen LogP contribution in [0.1, 0.15) is 61.8 Å². The zero-order valence-corrected chi connectivity index (χ0v) is 19.8. The molecule has 10 heteroatoms. The largest absolute Gasteiger partial charge is 0.321 e. The van der Waals surface area contributed by atoms with Crippen molar-refractivity contribution in [3.63, 3.8) is 0 Å².